The molecule has 86 valence electrons. The van der Waals surface area contributed by atoms with Gasteiger partial charge in [-0.15, -0.1) is 0 Å². The maximum absolute atomic E-state index is 11.6. The molecule has 0 aliphatic rings. The quantitative estimate of drug-likeness (QED) is 0.315. The van der Waals surface area contributed by atoms with E-state index in [2.05, 4.69) is 13.5 Å². The van der Waals surface area contributed by atoms with Gasteiger partial charge < -0.3 is 4.74 Å². The molecule has 0 fully saturated rings. The van der Waals surface area contributed by atoms with Gasteiger partial charge in [-0.3, -0.25) is 0 Å². The molecule has 0 saturated carbocycles. The molecule has 0 spiro atoms. The number of benzene rings is 1. The second-order valence-corrected chi connectivity index (χ2v) is 3.76. The maximum atomic E-state index is 11.6. The predicted octanol–water partition coefficient (Wildman–Crippen LogP) is 3.73. The van der Waals surface area contributed by atoms with Crippen molar-refractivity contribution >= 4 is 5.97 Å². The number of para-hydroxylation sites is 1. The number of carbonyl (C=O) groups excluding carboxylic acids is 1. The summed E-state index contributed by atoms with van der Waals surface area (Å²) < 4.78 is 5.17. The third-order valence-electron chi connectivity index (χ3n) is 2.32. The number of hydrogen-bond donors (Lipinski definition) is 0. The smallest absolute Gasteiger partial charge is 0.338 e. The summed E-state index contributed by atoms with van der Waals surface area (Å²) in [6, 6.07) is 9.08. The van der Waals surface area contributed by atoms with Crippen molar-refractivity contribution in [2.45, 2.75) is 32.6 Å². The summed E-state index contributed by atoms with van der Waals surface area (Å²) in [6.07, 6.45) is 3.98. The van der Waals surface area contributed by atoms with Gasteiger partial charge in [0, 0.05) is 5.57 Å². The average molecular weight is 218 g/mol. The maximum Gasteiger partial charge on any atom is 0.338 e. The summed E-state index contributed by atoms with van der Waals surface area (Å²) in [6.45, 7) is 5.88. The van der Waals surface area contributed by atoms with Crippen LogP contribution in [0.4, 0.5) is 0 Å². The number of unbranched alkanes of at least 4 members (excludes halogenated alkanes) is 2. The largest absolute Gasteiger partial charge is 0.423 e. The van der Waals surface area contributed by atoms with E-state index in [0.29, 0.717) is 11.3 Å². The highest BCUT2D eigenvalue weighted by Gasteiger charge is 2.08. The SMILES string of the molecule is C=C(CCCCC)C(=O)Oc1ccccc1. The van der Waals surface area contributed by atoms with Crippen molar-refractivity contribution in [2.24, 2.45) is 0 Å². The molecular weight excluding hydrogens is 200 g/mol. The summed E-state index contributed by atoms with van der Waals surface area (Å²) in [5.74, 6) is 0.256. The normalized spacial score (nSPS) is 9.81. The second kappa shape index (κ2) is 6.83. The average Bonchev–Trinajstić information content (AvgIpc) is 2.30. The van der Waals surface area contributed by atoms with E-state index in [9.17, 15) is 4.79 Å². The first-order chi connectivity index (χ1) is 7.74. The van der Waals surface area contributed by atoms with E-state index < -0.39 is 0 Å². The zero-order chi connectivity index (χ0) is 11.8. The summed E-state index contributed by atoms with van der Waals surface area (Å²) >= 11 is 0. The number of carbonyl (C=O) groups is 1. The minimum atomic E-state index is -0.317. The Hall–Kier alpha value is -1.57. The molecule has 0 atom stereocenters. The van der Waals surface area contributed by atoms with Gasteiger partial charge in [-0.2, -0.15) is 0 Å². The van der Waals surface area contributed by atoms with Crippen molar-refractivity contribution in [2.75, 3.05) is 0 Å². The highest BCUT2D eigenvalue weighted by Crippen LogP contribution is 2.13. The third-order valence-corrected chi connectivity index (χ3v) is 2.32. The Bertz CT molecular complexity index is 341. The van der Waals surface area contributed by atoms with E-state index in [0.717, 1.165) is 25.7 Å². The highest BCUT2D eigenvalue weighted by molar-refractivity contribution is 5.89. The van der Waals surface area contributed by atoms with Crippen LogP contribution in [0.2, 0.25) is 0 Å². The van der Waals surface area contributed by atoms with Crippen LogP contribution in [-0.2, 0) is 4.79 Å². The molecule has 1 aromatic rings. The number of ether oxygens (including phenoxy) is 1. The lowest BCUT2D eigenvalue weighted by Gasteiger charge is -2.05. The van der Waals surface area contributed by atoms with Crippen molar-refractivity contribution in [1.82, 2.24) is 0 Å². The molecule has 2 heteroatoms. The molecule has 16 heavy (non-hydrogen) atoms. The van der Waals surface area contributed by atoms with Gasteiger partial charge in [0.1, 0.15) is 5.75 Å². The minimum Gasteiger partial charge on any atom is -0.423 e. The molecule has 0 amide bonds. The van der Waals surface area contributed by atoms with E-state index in [1.54, 1.807) is 12.1 Å². The van der Waals surface area contributed by atoms with Gasteiger partial charge in [0.2, 0.25) is 0 Å². The standard InChI is InChI=1S/C14H18O2/c1-3-4-6-9-12(2)14(15)16-13-10-7-5-8-11-13/h5,7-8,10-11H,2-4,6,9H2,1H3. The molecule has 0 aliphatic carbocycles. The van der Waals surface area contributed by atoms with Crippen LogP contribution in [0.25, 0.3) is 0 Å². The van der Waals surface area contributed by atoms with Crippen LogP contribution < -0.4 is 4.74 Å². The van der Waals surface area contributed by atoms with E-state index in [1.165, 1.54) is 0 Å². The summed E-state index contributed by atoms with van der Waals surface area (Å²) in [4.78, 5) is 11.6. The number of esters is 1. The van der Waals surface area contributed by atoms with Crippen molar-refractivity contribution in [3.63, 3.8) is 0 Å². The highest BCUT2D eigenvalue weighted by atomic mass is 16.5. The minimum absolute atomic E-state index is 0.317. The topological polar surface area (TPSA) is 26.3 Å². The lowest BCUT2D eigenvalue weighted by atomic mass is 10.1. The van der Waals surface area contributed by atoms with Gasteiger partial charge in [0.25, 0.3) is 0 Å². The monoisotopic (exact) mass is 218 g/mol. The van der Waals surface area contributed by atoms with Crippen LogP contribution >= 0.6 is 0 Å². The Morgan fingerprint density at radius 1 is 1.25 bits per heavy atom. The predicted molar refractivity (Wildman–Crippen MR) is 65.4 cm³/mol. The fourth-order valence-electron chi connectivity index (χ4n) is 1.36. The van der Waals surface area contributed by atoms with Gasteiger partial charge in [0.15, 0.2) is 0 Å². The molecule has 0 aliphatic heterocycles. The van der Waals surface area contributed by atoms with Crippen molar-refractivity contribution in [3.8, 4) is 5.75 Å². The second-order valence-electron chi connectivity index (χ2n) is 3.76. The Labute approximate surface area is 96.9 Å². The Morgan fingerprint density at radius 2 is 1.94 bits per heavy atom. The van der Waals surface area contributed by atoms with Gasteiger partial charge in [0.05, 0.1) is 0 Å². The van der Waals surface area contributed by atoms with Gasteiger partial charge in [-0.25, -0.2) is 4.79 Å². The Morgan fingerprint density at radius 3 is 2.56 bits per heavy atom. The molecule has 0 N–H and O–H groups in total. The summed E-state index contributed by atoms with van der Waals surface area (Å²) in [7, 11) is 0. The molecule has 2 nitrogen and oxygen atoms in total. The first-order valence-corrected chi connectivity index (χ1v) is 5.69. The lowest BCUT2D eigenvalue weighted by Crippen LogP contribution is -2.10. The van der Waals surface area contributed by atoms with Crippen LogP contribution in [-0.4, -0.2) is 5.97 Å². The van der Waals surface area contributed by atoms with E-state index in [1.807, 2.05) is 18.2 Å². The molecule has 0 heterocycles. The van der Waals surface area contributed by atoms with Crippen LogP contribution in [0.5, 0.6) is 5.75 Å². The van der Waals surface area contributed by atoms with Crippen LogP contribution in [0, 0.1) is 0 Å². The third kappa shape index (κ3) is 4.30. The molecule has 1 aromatic carbocycles. The Kier molecular flexibility index (Phi) is 5.34. The van der Waals surface area contributed by atoms with Crippen LogP contribution in [0.15, 0.2) is 42.5 Å². The van der Waals surface area contributed by atoms with E-state index >= 15 is 0 Å². The zero-order valence-electron chi connectivity index (χ0n) is 9.74. The molecule has 0 unspecified atom stereocenters. The van der Waals surface area contributed by atoms with Crippen molar-refractivity contribution in [3.05, 3.63) is 42.5 Å². The van der Waals surface area contributed by atoms with Gasteiger partial charge in [-0.1, -0.05) is 44.5 Å². The summed E-state index contributed by atoms with van der Waals surface area (Å²) in [5, 5.41) is 0. The summed E-state index contributed by atoms with van der Waals surface area (Å²) in [5.41, 5.74) is 0.553. The first kappa shape index (κ1) is 12.5. The number of hydrogen-bond acceptors (Lipinski definition) is 2. The molecule has 0 bridgehead atoms. The molecule has 1 rings (SSSR count). The van der Waals surface area contributed by atoms with Gasteiger partial charge in [-0.05, 0) is 25.0 Å². The van der Waals surface area contributed by atoms with Crippen LogP contribution in [0.1, 0.15) is 32.6 Å². The molecule has 0 aromatic heterocycles. The zero-order valence-corrected chi connectivity index (χ0v) is 9.74. The fourth-order valence-corrected chi connectivity index (χ4v) is 1.36. The van der Waals surface area contributed by atoms with E-state index in [-0.39, 0.29) is 5.97 Å². The number of rotatable bonds is 6. The lowest BCUT2D eigenvalue weighted by molar-refractivity contribution is -0.130. The molecule has 0 saturated heterocycles. The first-order valence-electron chi connectivity index (χ1n) is 5.69. The fraction of sp³-hybridized carbons (Fsp3) is 0.357. The molecule has 0 radical (unpaired) electrons. The van der Waals surface area contributed by atoms with Crippen molar-refractivity contribution < 1.29 is 9.53 Å². The van der Waals surface area contributed by atoms with Crippen LogP contribution in [0.3, 0.4) is 0 Å². The van der Waals surface area contributed by atoms with Crippen molar-refractivity contribution in [1.29, 1.82) is 0 Å². The van der Waals surface area contributed by atoms with E-state index in [4.69, 9.17) is 4.74 Å². The Balaban J connectivity index is 2.38. The van der Waals surface area contributed by atoms with Gasteiger partial charge >= 0.3 is 5.97 Å². The molecular formula is C14H18O2.